The average molecular weight is 613 g/mol. The first-order valence-electron chi connectivity index (χ1n) is 15.3. The number of aliphatic hydroxyl groups is 1. The third-order valence-electron chi connectivity index (χ3n) is 8.25. The van der Waals surface area contributed by atoms with Gasteiger partial charge in [-0.25, -0.2) is 4.79 Å². The molecule has 0 amide bonds. The molecule has 0 spiro atoms. The first kappa shape index (κ1) is 33.3. The summed E-state index contributed by atoms with van der Waals surface area (Å²) in [5.74, 6) is -1.56. The Hall–Kier alpha value is -3.62. The lowest BCUT2D eigenvalue weighted by atomic mass is 9.77. The lowest BCUT2D eigenvalue weighted by Gasteiger charge is -2.34. The van der Waals surface area contributed by atoms with E-state index in [2.05, 4.69) is 36.4 Å². The zero-order valence-electron chi connectivity index (χ0n) is 26.1. The third kappa shape index (κ3) is 8.10. The minimum absolute atomic E-state index is 0.155. The summed E-state index contributed by atoms with van der Waals surface area (Å²) in [5, 5.41) is 14.0. The molecule has 0 aromatic heterocycles. The molecule has 1 N–H and O–H groups in total. The highest BCUT2D eigenvalue weighted by atomic mass is 28.4. The number of ether oxygens (including phenoxy) is 2. The van der Waals surface area contributed by atoms with Crippen LogP contribution in [0.4, 0.5) is 0 Å². The number of esters is 1. The highest BCUT2D eigenvalue weighted by Crippen LogP contribution is 2.27. The molecule has 1 heterocycles. The van der Waals surface area contributed by atoms with Crippen LogP contribution in [-0.2, 0) is 23.5 Å². The van der Waals surface area contributed by atoms with Crippen LogP contribution >= 0.6 is 0 Å². The molecular weight excluding hydrogens is 568 g/mol. The van der Waals surface area contributed by atoms with Gasteiger partial charge in [0.05, 0.1) is 25.9 Å². The highest BCUT2D eigenvalue weighted by Gasteiger charge is 2.42. The predicted octanol–water partition coefficient (Wildman–Crippen LogP) is 4.34. The quantitative estimate of drug-likeness (QED) is 0.193. The number of carbonyl (C=O) groups excluding carboxylic acids is 2. The van der Waals surface area contributed by atoms with Crippen molar-refractivity contribution in [3.05, 3.63) is 115 Å². The van der Waals surface area contributed by atoms with Crippen LogP contribution in [0.5, 0.6) is 0 Å². The Morgan fingerprint density at radius 3 is 1.89 bits per heavy atom. The molecule has 6 nitrogen and oxygen atoms in total. The van der Waals surface area contributed by atoms with Gasteiger partial charge in [0.15, 0.2) is 0 Å². The molecule has 7 heteroatoms. The summed E-state index contributed by atoms with van der Waals surface area (Å²) in [6.07, 6.45) is 5.69. The molecule has 4 rings (SSSR count). The van der Waals surface area contributed by atoms with Crippen LogP contribution in [0, 0.1) is 17.3 Å². The molecule has 3 aromatic rings. The summed E-state index contributed by atoms with van der Waals surface area (Å²) in [4.78, 5) is 26.4. The molecule has 0 aliphatic carbocycles. The van der Waals surface area contributed by atoms with Crippen molar-refractivity contribution >= 4 is 35.6 Å². The van der Waals surface area contributed by atoms with Gasteiger partial charge in [-0.15, -0.1) is 0 Å². The van der Waals surface area contributed by atoms with Gasteiger partial charge in [-0.05, 0) is 29.4 Å². The Balaban J connectivity index is 1.67. The van der Waals surface area contributed by atoms with Crippen molar-refractivity contribution in [1.29, 1.82) is 0 Å². The molecule has 0 saturated heterocycles. The predicted molar refractivity (Wildman–Crippen MR) is 177 cm³/mol. The van der Waals surface area contributed by atoms with Crippen LogP contribution in [0.25, 0.3) is 0 Å². The van der Waals surface area contributed by atoms with E-state index in [0.29, 0.717) is 19.6 Å². The number of aliphatic hydroxyl groups excluding tert-OH is 1. The molecular formula is C37H44O6Si. The number of cyclic esters (lactones) is 1. The standard InChI is InChI=1S/C37H44O6Si/c1-28-26-41-25-15-14-16-30(43-34(38)23-24-37(3,4)36(40)29(2)35(28)39)27-42-44(31-17-8-5-9-18-31,32-19-10-6-11-20-32)33-21-12-7-13-22-33/h5-15,17-24,28-30,35,39H,16,25-27H2,1-4H3/b15-14+,24-23+/t28-,29+,30+,35+/m0/s1. The van der Waals surface area contributed by atoms with Crippen LogP contribution in [0.3, 0.4) is 0 Å². The van der Waals surface area contributed by atoms with Crippen LogP contribution in [0.15, 0.2) is 115 Å². The summed E-state index contributed by atoms with van der Waals surface area (Å²) in [6, 6.07) is 30.8. The maximum atomic E-state index is 13.3. The van der Waals surface area contributed by atoms with Gasteiger partial charge in [0, 0.05) is 29.7 Å². The fraction of sp³-hybridized carbons (Fsp3) is 0.351. The van der Waals surface area contributed by atoms with Crippen LogP contribution in [0.2, 0.25) is 0 Å². The van der Waals surface area contributed by atoms with Gasteiger partial charge in [0.1, 0.15) is 11.9 Å². The third-order valence-corrected chi connectivity index (χ3v) is 12.3. The van der Waals surface area contributed by atoms with Crippen molar-refractivity contribution in [1.82, 2.24) is 0 Å². The van der Waals surface area contributed by atoms with E-state index in [1.54, 1.807) is 26.8 Å². The fourth-order valence-corrected chi connectivity index (χ4v) is 9.59. The molecule has 1 aliphatic heterocycles. The Kier molecular flexibility index (Phi) is 11.6. The molecule has 1 aliphatic rings. The number of benzene rings is 3. The zero-order valence-corrected chi connectivity index (χ0v) is 27.1. The van der Waals surface area contributed by atoms with Crippen molar-refractivity contribution in [2.45, 2.75) is 46.3 Å². The molecule has 0 unspecified atom stereocenters. The smallest absolute Gasteiger partial charge is 0.330 e. The number of rotatable bonds is 6. The van der Waals surface area contributed by atoms with Crippen LogP contribution in [-0.4, -0.2) is 57.2 Å². The highest BCUT2D eigenvalue weighted by molar-refractivity contribution is 7.07. The Bertz CT molecular complexity index is 1310. The molecule has 232 valence electrons. The van der Waals surface area contributed by atoms with Gasteiger partial charge in [-0.1, -0.05) is 123 Å². The van der Waals surface area contributed by atoms with E-state index in [9.17, 15) is 14.7 Å². The SMILES string of the molecule is C[C@H]1COC/C=C/C[C@H](CO[Si](c2ccccc2)(c2ccccc2)c2ccccc2)OC(=O)/C=C/C(C)(C)C(=O)[C@H](C)[C@@H]1O. The summed E-state index contributed by atoms with van der Waals surface area (Å²) < 4.78 is 18.8. The number of Topliss-reactive ketones (excluding diaryl/α,β-unsaturated/α-hetero) is 1. The summed E-state index contributed by atoms with van der Waals surface area (Å²) in [7, 11) is -3.01. The van der Waals surface area contributed by atoms with Crippen molar-refractivity contribution in [3.63, 3.8) is 0 Å². The summed E-state index contributed by atoms with van der Waals surface area (Å²) >= 11 is 0. The number of allylic oxidation sites excluding steroid dienone is 1. The van der Waals surface area contributed by atoms with E-state index in [-0.39, 0.29) is 18.3 Å². The Labute approximate surface area is 262 Å². The number of ketones is 1. The summed E-state index contributed by atoms with van der Waals surface area (Å²) in [6.45, 7) is 7.90. The van der Waals surface area contributed by atoms with E-state index in [4.69, 9.17) is 13.9 Å². The summed E-state index contributed by atoms with van der Waals surface area (Å²) in [5.41, 5.74) is -0.973. The zero-order chi connectivity index (χ0) is 31.6. The van der Waals surface area contributed by atoms with Crippen molar-refractivity contribution < 1.29 is 28.6 Å². The van der Waals surface area contributed by atoms with Gasteiger partial charge in [0.25, 0.3) is 8.32 Å². The Morgan fingerprint density at radius 1 is 0.841 bits per heavy atom. The first-order valence-corrected chi connectivity index (χ1v) is 17.2. The van der Waals surface area contributed by atoms with Crippen LogP contribution < -0.4 is 15.6 Å². The Morgan fingerprint density at radius 2 is 1.36 bits per heavy atom. The second kappa shape index (κ2) is 15.4. The minimum atomic E-state index is -3.01. The molecule has 0 saturated carbocycles. The molecule has 0 bridgehead atoms. The molecule has 3 aromatic carbocycles. The van der Waals surface area contributed by atoms with Gasteiger partial charge >= 0.3 is 5.97 Å². The average Bonchev–Trinajstić information content (AvgIpc) is 3.05. The molecule has 0 fully saturated rings. The normalized spacial score (nSPS) is 25.1. The maximum Gasteiger partial charge on any atom is 0.330 e. The van der Waals surface area contributed by atoms with Gasteiger partial charge in [-0.3, -0.25) is 4.79 Å². The molecule has 44 heavy (non-hydrogen) atoms. The maximum absolute atomic E-state index is 13.3. The van der Waals surface area contributed by atoms with E-state index >= 15 is 0 Å². The number of hydrogen-bond acceptors (Lipinski definition) is 6. The lowest BCUT2D eigenvalue weighted by molar-refractivity contribution is -0.144. The number of carbonyl (C=O) groups is 2. The van der Waals surface area contributed by atoms with E-state index in [1.807, 2.05) is 73.7 Å². The van der Waals surface area contributed by atoms with Gasteiger partial charge in [-0.2, -0.15) is 0 Å². The monoisotopic (exact) mass is 612 g/mol. The first-order chi connectivity index (χ1) is 21.1. The number of hydrogen-bond donors (Lipinski definition) is 1. The van der Waals surface area contributed by atoms with E-state index < -0.39 is 37.8 Å². The van der Waals surface area contributed by atoms with Crippen LogP contribution in [0.1, 0.15) is 34.1 Å². The second-order valence-corrected chi connectivity index (χ2v) is 15.5. The van der Waals surface area contributed by atoms with Gasteiger partial charge < -0.3 is 19.0 Å². The van der Waals surface area contributed by atoms with E-state index in [0.717, 1.165) is 15.6 Å². The minimum Gasteiger partial charge on any atom is -0.456 e. The topological polar surface area (TPSA) is 82.1 Å². The van der Waals surface area contributed by atoms with Crippen molar-refractivity contribution in [2.75, 3.05) is 19.8 Å². The van der Waals surface area contributed by atoms with Crippen molar-refractivity contribution in [3.8, 4) is 0 Å². The van der Waals surface area contributed by atoms with Gasteiger partial charge in [0.2, 0.25) is 0 Å². The van der Waals surface area contributed by atoms with E-state index in [1.165, 1.54) is 6.08 Å². The molecule has 4 atom stereocenters. The largest absolute Gasteiger partial charge is 0.456 e. The lowest BCUT2D eigenvalue weighted by Crippen LogP contribution is -2.69. The molecule has 0 radical (unpaired) electrons. The second-order valence-electron chi connectivity index (χ2n) is 12.1. The fourth-order valence-electron chi connectivity index (χ4n) is 5.67. The van der Waals surface area contributed by atoms with Crippen molar-refractivity contribution in [2.24, 2.45) is 17.3 Å².